The van der Waals surface area contributed by atoms with Crippen molar-refractivity contribution in [3.63, 3.8) is 0 Å². The topological polar surface area (TPSA) is 75.4 Å². The van der Waals surface area contributed by atoms with Crippen LogP contribution in [-0.2, 0) is 4.79 Å². The van der Waals surface area contributed by atoms with Crippen LogP contribution in [0.2, 0.25) is 0 Å². The summed E-state index contributed by atoms with van der Waals surface area (Å²) in [6.07, 6.45) is 6.61. The zero-order valence-corrected chi connectivity index (χ0v) is 12.4. The van der Waals surface area contributed by atoms with E-state index >= 15 is 0 Å². The average molecular weight is 270 g/mol. The van der Waals surface area contributed by atoms with Crippen LogP contribution in [0.25, 0.3) is 0 Å². The van der Waals surface area contributed by atoms with Gasteiger partial charge in [0.15, 0.2) is 0 Å². The van der Waals surface area contributed by atoms with Gasteiger partial charge >= 0.3 is 0 Å². The molecule has 0 bridgehead atoms. The van der Waals surface area contributed by atoms with Crippen molar-refractivity contribution >= 4 is 5.91 Å². The van der Waals surface area contributed by atoms with Crippen LogP contribution in [0.4, 0.5) is 0 Å². The summed E-state index contributed by atoms with van der Waals surface area (Å²) in [5.74, 6) is 0.785. The predicted molar refractivity (Wildman–Crippen MR) is 77.6 cm³/mol. The monoisotopic (exact) mass is 270 g/mol. The Morgan fingerprint density at radius 3 is 2.47 bits per heavy atom. The number of amides is 1. The third-order valence-corrected chi connectivity index (χ3v) is 4.13. The van der Waals surface area contributed by atoms with Crippen LogP contribution in [0.3, 0.4) is 0 Å². The van der Waals surface area contributed by atoms with E-state index in [4.69, 9.17) is 5.73 Å². The average Bonchev–Trinajstić information content (AvgIpc) is 2.37. The van der Waals surface area contributed by atoms with E-state index in [9.17, 15) is 9.90 Å². The van der Waals surface area contributed by atoms with Gasteiger partial charge in [0.25, 0.3) is 0 Å². The lowest BCUT2D eigenvalue weighted by atomic mass is 9.87. The number of nitrogens with one attached hydrogen (secondary N) is 1. The molecule has 0 aliphatic heterocycles. The van der Waals surface area contributed by atoms with E-state index in [0.717, 1.165) is 51.5 Å². The largest absolute Gasteiger partial charge is 0.393 e. The lowest BCUT2D eigenvalue weighted by Crippen LogP contribution is -2.35. The molecule has 0 aromatic carbocycles. The van der Waals surface area contributed by atoms with Crippen LogP contribution in [0, 0.1) is 11.8 Å². The van der Waals surface area contributed by atoms with Gasteiger partial charge in [-0.1, -0.05) is 13.3 Å². The Hall–Kier alpha value is -0.610. The summed E-state index contributed by atoms with van der Waals surface area (Å²) >= 11 is 0. The maximum Gasteiger partial charge on any atom is 0.222 e. The van der Waals surface area contributed by atoms with E-state index < -0.39 is 0 Å². The molecule has 0 heterocycles. The van der Waals surface area contributed by atoms with Crippen molar-refractivity contribution in [1.82, 2.24) is 5.32 Å². The minimum absolute atomic E-state index is 0.0768. The van der Waals surface area contributed by atoms with Crippen molar-refractivity contribution in [3.8, 4) is 0 Å². The van der Waals surface area contributed by atoms with Gasteiger partial charge in [-0.2, -0.15) is 0 Å². The van der Waals surface area contributed by atoms with E-state index in [1.807, 2.05) is 13.8 Å². The molecule has 1 amide bonds. The molecule has 1 rings (SSSR count). The first kappa shape index (κ1) is 16.4. The van der Waals surface area contributed by atoms with Crippen molar-refractivity contribution < 1.29 is 9.90 Å². The third kappa shape index (κ3) is 6.92. The number of rotatable bonds is 7. The van der Waals surface area contributed by atoms with Crippen molar-refractivity contribution in [2.45, 2.75) is 70.9 Å². The Morgan fingerprint density at radius 1 is 1.26 bits per heavy atom. The van der Waals surface area contributed by atoms with Crippen LogP contribution in [0.15, 0.2) is 0 Å². The minimum Gasteiger partial charge on any atom is -0.393 e. The fourth-order valence-corrected chi connectivity index (χ4v) is 2.65. The normalized spacial score (nSPS) is 26.7. The van der Waals surface area contributed by atoms with Gasteiger partial charge in [-0.15, -0.1) is 0 Å². The molecule has 19 heavy (non-hydrogen) atoms. The summed E-state index contributed by atoms with van der Waals surface area (Å²) in [7, 11) is 0. The lowest BCUT2D eigenvalue weighted by molar-refractivity contribution is -0.125. The summed E-state index contributed by atoms with van der Waals surface area (Å²) < 4.78 is 0. The lowest BCUT2D eigenvalue weighted by Gasteiger charge is -2.26. The molecule has 0 aromatic heterocycles. The number of nitrogens with two attached hydrogens (primary N) is 1. The third-order valence-electron chi connectivity index (χ3n) is 4.13. The number of carbonyl (C=O) groups is 1. The summed E-state index contributed by atoms with van der Waals surface area (Å²) in [5, 5.41) is 12.5. The van der Waals surface area contributed by atoms with Crippen LogP contribution in [0.5, 0.6) is 0 Å². The van der Waals surface area contributed by atoms with Crippen LogP contribution >= 0.6 is 0 Å². The molecule has 0 saturated heterocycles. The Bertz CT molecular complexity index is 261. The van der Waals surface area contributed by atoms with Gasteiger partial charge in [-0.05, 0) is 51.4 Å². The first-order valence-electron chi connectivity index (χ1n) is 7.70. The first-order chi connectivity index (χ1) is 8.99. The Kier molecular flexibility index (Phi) is 7.39. The second-order valence-electron chi connectivity index (χ2n) is 6.23. The zero-order chi connectivity index (χ0) is 14.3. The maximum absolute atomic E-state index is 11.9. The van der Waals surface area contributed by atoms with E-state index in [1.165, 1.54) is 0 Å². The Labute approximate surface area is 117 Å². The number of hydrogen-bond acceptors (Lipinski definition) is 3. The number of aliphatic hydroxyl groups excluding tert-OH is 1. The molecule has 2 atom stereocenters. The Morgan fingerprint density at radius 2 is 1.89 bits per heavy atom. The molecular formula is C15H30N2O2. The standard InChI is InChI=1S/C15H30N2O2/c1-11(4-3-5-12(2)16)15(19)17-10-13-6-8-14(18)9-7-13/h11-14,18H,3-10,16H2,1-2H3,(H,17,19). The molecule has 4 nitrogen and oxygen atoms in total. The molecule has 4 heteroatoms. The fourth-order valence-electron chi connectivity index (χ4n) is 2.65. The molecular weight excluding hydrogens is 240 g/mol. The molecule has 0 radical (unpaired) electrons. The van der Waals surface area contributed by atoms with Gasteiger partial charge < -0.3 is 16.2 Å². The van der Waals surface area contributed by atoms with E-state index in [-0.39, 0.29) is 24.0 Å². The maximum atomic E-state index is 11.9. The highest BCUT2D eigenvalue weighted by Gasteiger charge is 2.20. The molecule has 0 spiro atoms. The molecule has 1 aliphatic rings. The fraction of sp³-hybridized carbons (Fsp3) is 0.933. The van der Waals surface area contributed by atoms with Crippen LogP contribution < -0.4 is 11.1 Å². The van der Waals surface area contributed by atoms with Crippen molar-refractivity contribution in [2.24, 2.45) is 17.6 Å². The number of carbonyl (C=O) groups excluding carboxylic acids is 1. The molecule has 2 unspecified atom stereocenters. The predicted octanol–water partition coefficient (Wildman–Crippen LogP) is 1.81. The van der Waals surface area contributed by atoms with Gasteiger partial charge in [-0.25, -0.2) is 0 Å². The SMILES string of the molecule is CC(N)CCCC(C)C(=O)NCC1CCC(O)CC1. The van der Waals surface area contributed by atoms with Gasteiger partial charge in [0.05, 0.1) is 6.10 Å². The van der Waals surface area contributed by atoms with E-state index in [1.54, 1.807) is 0 Å². The highest BCUT2D eigenvalue weighted by atomic mass is 16.3. The van der Waals surface area contributed by atoms with Crippen molar-refractivity contribution in [3.05, 3.63) is 0 Å². The quantitative estimate of drug-likeness (QED) is 0.660. The summed E-state index contributed by atoms with van der Waals surface area (Å²) in [6, 6.07) is 0.226. The van der Waals surface area contributed by atoms with E-state index in [0.29, 0.717) is 5.92 Å². The first-order valence-corrected chi connectivity index (χ1v) is 7.70. The smallest absolute Gasteiger partial charge is 0.222 e. The van der Waals surface area contributed by atoms with E-state index in [2.05, 4.69) is 5.32 Å². The summed E-state index contributed by atoms with van der Waals surface area (Å²) in [4.78, 5) is 11.9. The van der Waals surface area contributed by atoms with Gasteiger partial charge in [0.1, 0.15) is 0 Å². The number of aliphatic hydroxyl groups is 1. The highest BCUT2D eigenvalue weighted by molar-refractivity contribution is 5.78. The van der Waals surface area contributed by atoms with Gasteiger partial charge in [-0.3, -0.25) is 4.79 Å². The minimum atomic E-state index is -0.121. The second kappa shape index (κ2) is 8.54. The van der Waals surface area contributed by atoms with Crippen LogP contribution in [0.1, 0.15) is 58.8 Å². The molecule has 1 aliphatic carbocycles. The zero-order valence-electron chi connectivity index (χ0n) is 12.4. The van der Waals surface area contributed by atoms with Crippen molar-refractivity contribution in [2.75, 3.05) is 6.54 Å². The summed E-state index contributed by atoms with van der Waals surface area (Å²) in [5.41, 5.74) is 5.70. The Balaban J connectivity index is 2.12. The molecule has 112 valence electrons. The molecule has 1 saturated carbocycles. The van der Waals surface area contributed by atoms with Crippen LogP contribution in [-0.4, -0.2) is 29.7 Å². The molecule has 1 fully saturated rings. The van der Waals surface area contributed by atoms with Crippen molar-refractivity contribution in [1.29, 1.82) is 0 Å². The number of hydrogen-bond donors (Lipinski definition) is 3. The van der Waals surface area contributed by atoms with Gasteiger partial charge in [0, 0.05) is 18.5 Å². The van der Waals surface area contributed by atoms with Gasteiger partial charge in [0.2, 0.25) is 5.91 Å². The molecule has 4 N–H and O–H groups in total. The second-order valence-corrected chi connectivity index (χ2v) is 6.23. The molecule has 0 aromatic rings. The summed E-state index contributed by atoms with van der Waals surface area (Å²) in [6.45, 7) is 4.76. The highest BCUT2D eigenvalue weighted by Crippen LogP contribution is 2.23.